The van der Waals surface area contributed by atoms with Crippen molar-refractivity contribution < 1.29 is 9.90 Å². The molecule has 1 aromatic carbocycles. The molecule has 1 aromatic heterocycles. The fourth-order valence-electron chi connectivity index (χ4n) is 1.34. The van der Waals surface area contributed by atoms with E-state index in [1.54, 1.807) is 0 Å². The van der Waals surface area contributed by atoms with E-state index in [1.807, 2.05) is 30.3 Å². The lowest BCUT2D eigenvalue weighted by Crippen LogP contribution is -1.93. The van der Waals surface area contributed by atoms with Gasteiger partial charge in [-0.05, 0) is 12.0 Å². The van der Waals surface area contributed by atoms with E-state index in [0.29, 0.717) is 0 Å². The van der Waals surface area contributed by atoms with Gasteiger partial charge in [0.15, 0.2) is 0 Å². The number of nitrogens with zero attached hydrogens (tertiary/aromatic N) is 2. The number of rotatable bonds is 4. The topological polar surface area (TPSA) is 63.1 Å². The van der Waals surface area contributed by atoms with Crippen molar-refractivity contribution in [3.63, 3.8) is 0 Å². The van der Waals surface area contributed by atoms with Gasteiger partial charge in [-0.1, -0.05) is 41.7 Å². The summed E-state index contributed by atoms with van der Waals surface area (Å²) in [7, 11) is 0. The quantitative estimate of drug-likeness (QED) is 0.879. The van der Waals surface area contributed by atoms with Crippen LogP contribution in [-0.2, 0) is 12.8 Å². The molecule has 1 N–H and O–H groups in total. The number of carboxylic acid groups (broad SMARTS) is 1. The van der Waals surface area contributed by atoms with Crippen LogP contribution in [0.4, 0.5) is 0 Å². The molecule has 0 unspecified atom stereocenters. The summed E-state index contributed by atoms with van der Waals surface area (Å²) in [6.07, 6.45) is 1.59. The van der Waals surface area contributed by atoms with Crippen LogP contribution in [0.25, 0.3) is 0 Å². The predicted molar refractivity (Wildman–Crippen MR) is 60.7 cm³/mol. The van der Waals surface area contributed by atoms with Crippen LogP contribution in [0.5, 0.6) is 0 Å². The second-order valence-electron chi connectivity index (χ2n) is 3.29. The fraction of sp³-hybridized carbons (Fsp3) is 0.182. The van der Waals surface area contributed by atoms with E-state index in [4.69, 9.17) is 5.11 Å². The molecule has 0 aliphatic heterocycles. The van der Waals surface area contributed by atoms with Crippen molar-refractivity contribution in [2.75, 3.05) is 0 Å². The zero-order valence-electron chi connectivity index (χ0n) is 8.46. The molecule has 16 heavy (non-hydrogen) atoms. The average Bonchev–Trinajstić information content (AvgIpc) is 2.76. The standard InChI is InChI=1S/C11H10N2O2S/c14-11(15)10-13-12-9(16-10)7-6-8-4-2-1-3-5-8/h1-5H,6-7H2,(H,14,15). The van der Waals surface area contributed by atoms with Crippen LogP contribution in [0.15, 0.2) is 30.3 Å². The Hall–Kier alpha value is -1.75. The van der Waals surface area contributed by atoms with Crippen molar-refractivity contribution >= 4 is 17.3 Å². The minimum absolute atomic E-state index is 0.0584. The first-order chi connectivity index (χ1) is 7.75. The van der Waals surface area contributed by atoms with Crippen molar-refractivity contribution in [3.05, 3.63) is 45.9 Å². The maximum Gasteiger partial charge on any atom is 0.367 e. The van der Waals surface area contributed by atoms with Crippen molar-refractivity contribution in [1.29, 1.82) is 0 Å². The molecule has 1 heterocycles. The van der Waals surface area contributed by atoms with E-state index in [2.05, 4.69) is 10.2 Å². The molecule has 0 fully saturated rings. The second-order valence-corrected chi connectivity index (χ2v) is 4.35. The normalized spacial score (nSPS) is 10.2. The molecular weight excluding hydrogens is 224 g/mol. The molecule has 0 radical (unpaired) electrons. The Bertz CT molecular complexity index is 482. The van der Waals surface area contributed by atoms with Gasteiger partial charge < -0.3 is 5.11 Å². The van der Waals surface area contributed by atoms with Crippen molar-refractivity contribution in [1.82, 2.24) is 10.2 Å². The number of carboxylic acids is 1. The monoisotopic (exact) mass is 234 g/mol. The van der Waals surface area contributed by atoms with Gasteiger partial charge in [-0.25, -0.2) is 4.79 Å². The fourth-order valence-corrected chi connectivity index (χ4v) is 2.01. The molecule has 2 rings (SSSR count). The van der Waals surface area contributed by atoms with Crippen LogP contribution in [0, 0.1) is 0 Å². The third kappa shape index (κ3) is 2.64. The lowest BCUT2D eigenvalue weighted by Gasteiger charge is -1.96. The molecule has 0 atom stereocenters. The van der Waals surface area contributed by atoms with Gasteiger partial charge in [0, 0.05) is 6.42 Å². The average molecular weight is 234 g/mol. The zero-order chi connectivity index (χ0) is 11.4. The zero-order valence-corrected chi connectivity index (χ0v) is 9.28. The molecular formula is C11H10N2O2S. The highest BCUT2D eigenvalue weighted by atomic mass is 32.1. The number of hydrogen-bond acceptors (Lipinski definition) is 4. The van der Waals surface area contributed by atoms with Crippen LogP contribution in [-0.4, -0.2) is 21.3 Å². The van der Waals surface area contributed by atoms with E-state index in [1.165, 1.54) is 5.56 Å². The highest BCUT2D eigenvalue weighted by molar-refractivity contribution is 7.13. The Kier molecular flexibility index (Phi) is 3.26. The van der Waals surface area contributed by atoms with Crippen LogP contribution in [0.2, 0.25) is 0 Å². The van der Waals surface area contributed by atoms with Crippen molar-refractivity contribution in [2.24, 2.45) is 0 Å². The number of aromatic carboxylic acids is 1. The number of carbonyl (C=O) groups is 1. The third-order valence-electron chi connectivity index (χ3n) is 2.12. The molecule has 0 saturated heterocycles. The summed E-state index contributed by atoms with van der Waals surface area (Å²) in [6, 6.07) is 10.0. The minimum Gasteiger partial charge on any atom is -0.476 e. The lowest BCUT2D eigenvalue weighted by atomic mass is 10.1. The van der Waals surface area contributed by atoms with Crippen LogP contribution < -0.4 is 0 Å². The molecule has 4 nitrogen and oxygen atoms in total. The van der Waals surface area contributed by atoms with Crippen molar-refractivity contribution in [3.8, 4) is 0 Å². The molecule has 0 aliphatic carbocycles. The summed E-state index contributed by atoms with van der Waals surface area (Å²) in [5, 5.41) is 17.0. The number of hydrogen-bond donors (Lipinski definition) is 1. The largest absolute Gasteiger partial charge is 0.476 e. The Labute approximate surface area is 96.6 Å². The van der Waals surface area contributed by atoms with Crippen molar-refractivity contribution in [2.45, 2.75) is 12.8 Å². The molecule has 0 saturated carbocycles. The van der Waals surface area contributed by atoms with Gasteiger partial charge >= 0.3 is 5.97 Å². The van der Waals surface area contributed by atoms with E-state index in [-0.39, 0.29) is 5.01 Å². The third-order valence-corrected chi connectivity index (χ3v) is 3.09. The second kappa shape index (κ2) is 4.85. The van der Waals surface area contributed by atoms with Crippen LogP contribution in [0.3, 0.4) is 0 Å². The van der Waals surface area contributed by atoms with Gasteiger partial charge in [0.2, 0.25) is 5.01 Å². The molecule has 0 spiro atoms. The van der Waals surface area contributed by atoms with Gasteiger partial charge in [-0.2, -0.15) is 0 Å². The number of aryl methyl sites for hydroxylation is 2. The first kappa shape index (κ1) is 10.8. The summed E-state index contributed by atoms with van der Waals surface area (Å²) in [6.45, 7) is 0. The molecule has 5 heteroatoms. The molecule has 82 valence electrons. The highest BCUT2D eigenvalue weighted by Crippen LogP contribution is 2.12. The van der Waals surface area contributed by atoms with Gasteiger partial charge in [0.05, 0.1) is 0 Å². The van der Waals surface area contributed by atoms with Gasteiger partial charge in [0.25, 0.3) is 0 Å². The Balaban J connectivity index is 1.97. The summed E-state index contributed by atoms with van der Waals surface area (Å²) in [5.74, 6) is -1.01. The Morgan fingerprint density at radius 1 is 1.19 bits per heavy atom. The maximum atomic E-state index is 10.6. The first-order valence-electron chi connectivity index (χ1n) is 4.85. The summed E-state index contributed by atoms with van der Waals surface area (Å²) < 4.78 is 0. The Morgan fingerprint density at radius 2 is 1.94 bits per heavy atom. The van der Waals surface area contributed by atoms with Crippen LogP contribution in [0.1, 0.15) is 20.4 Å². The molecule has 0 aliphatic rings. The first-order valence-corrected chi connectivity index (χ1v) is 5.67. The molecule has 2 aromatic rings. The maximum absolute atomic E-state index is 10.6. The van der Waals surface area contributed by atoms with Gasteiger partial charge in [0.1, 0.15) is 5.01 Å². The summed E-state index contributed by atoms with van der Waals surface area (Å²) >= 11 is 1.14. The Morgan fingerprint density at radius 3 is 2.56 bits per heavy atom. The summed E-state index contributed by atoms with van der Waals surface area (Å²) in [5.41, 5.74) is 1.22. The number of aromatic nitrogens is 2. The van der Waals surface area contributed by atoms with E-state index >= 15 is 0 Å². The SMILES string of the molecule is O=C(O)c1nnc(CCc2ccccc2)s1. The van der Waals surface area contributed by atoms with E-state index < -0.39 is 5.97 Å². The van der Waals surface area contributed by atoms with E-state index in [9.17, 15) is 4.79 Å². The lowest BCUT2D eigenvalue weighted by molar-refractivity contribution is 0.0695. The molecule has 0 amide bonds. The smallest absolute Gasteiger partial charge is 0.367 e. The van der Waals surface area contributed by atoms with Gasteiger partial charge in [-0.15, -0.1) is 10.2 Å². The predicted octanol–water partition coefficient (Wildman–Crippen LogP) is 2.02. The molecule has 0 bridgehead atoms. The number of benzene rings is 1. The minimum atomic E-state index is -1.01. The van der Waals surface area contributed by atoms with E-state index in [0.717, 1.165) is 29.2 Å². The highest BCUT2D eigenvalue weighted by Gasteiger charge is 2.10. The van der Waals surface area contributed by atoms with Crippen LogP contribution >= 0.6 is 11.3 Å². The van der Waals surface area contributed by atoms with Gasteiger partial charge in [-0.3, -0.25) is 0 Å². The summed E-state index contributed by atoms with van der Waals surface area (Å²) in [4.78, 5) is 10.6.